The standard InChI is InChI=1S/C21H23NO2/c1-24-18-9-5-8-17(14-18)19(15-6-3-2-4-7-15)20-21(23)16-10-12-22(20)13-11-16/h2-9,14,16,19-20H,10-13H2,1H3. The van der Waals surface area contributed by atoms with E-state index in [-0.39, 0.29) is 17.9 Å². The van der Waals surface area contributed by atoms with Crippen molar-refractivity contribution in [3.8, 4) is 5.75 Å². The molecule has 3 aliphatic heterocycles. The zero-order valence-corrected chi connectivity index (χ0v) is 14.0. The number of hydrogen-bond donors (Lipinski definition) is 0. The number of carbonyl (C=O) groups is 1. The molecular formula is C21H23NO2. The summed E-state index contributed by atoms with van der Waals surface area (Å²) in [6.45, 7) is 2.07. The molecule has 2 atom stereocenters. The molecule has 0 amide bonds. The van der Waals surface area contributed by atoms with Crippen LogP contribution in [0.1, 0.15) is 29.9 Å². The van der Waals surface area contributed by atoms with Gasteiger partial charge in [0.2, 0.25) is 0 Å². The molecule has 3 saturated heterocycles. The highest BCUT2D eigenvalue weighted by atomic mass is 16.5. The van der Waals surface area contributed by atoms with E-state index in [0.717, 1.165) is 37.2 Å². The Hall–Kier alpha value is -2.13. The van der Waals surface area contributed by atoms with Crippen LogP contribution in [0, 0.1) is 5.92 Å². The maximum absolute atomic E-state index is 13.1. The first-order chi connectivity index (χ1) is 11.8. The van der Waals surface area contributed by atoms with E-state index in [2.05, 4.69) is 41.3 Å². The molecule has 0 aliphatic carbocycles. The number of nitrogens with zero attached hydrogens (tertiary/aromatic N) is 1. The first-order valence-electron chi connectivity index (χ1n) is 8.74. The highest BCUT2D eigenvalue weighted by molar-refractivity contribution is 5.89. The third-order valence-corrected chi connectivity index (χ3v) is 5.54. The minimum absolute atomic E-state index is 0.0491. The van der Waals surface area contributed by atoms with Gasteiger partial charge in [-0.05, 0) is 49.2 Å². The first kappa shape index (κ1) is 15.4. The zero-order valence-electron chi connectivity index (χ0n) is 14.0. The van der Waals surface area contributed by atoms with Crippen LogP contribution in [0.2, 0.25) is 0 Å². The third-order valence-electron chi connectivity index (χ3n) is 5.54. The number of fused-ring (bicyclic) bond motifs is 3. The molecule has 3 nitrogen and oxygen atoms in total. The summed E-state index contributed by atoms with van der Waals surface area (Å²) >= 11 is 0. The molecule has 0 N–H and O–H groups in total. The highest BCUT2D eigenvalue weighted by Crippen LogP contribution is 2.40. The largest absolute Gasteiger partial charge is 0.497 e. The maximum Gasteiger partial charge on any atom is 0.154 e. The summed E-state index contributed by atoms with van der Waals surface area (Å²) in [7, 11) is 1.69. The molecular weight excluding hydrogens is 298 g/mol. The minimum atomic E-state index is -0.0491. The van der Waals surface area contributed by atoms with E-state index < -0.39 is 0 Å². The van der Waals surface area contributed by atoms with E-state index in [4.69, 9.17) is 4.74 Å². The fourth-order valence-corrected chi connectivity index (χ4v) is 4.31. The molecule has 124 valence electrons. The summed E-state index contributed by atoms with van der Waals surface area (Å²) in [6, 6.07) is 18.6. The lowest BCUT2D eigenvalue weighted by Gasteiger charge is -2.47. The molecule has 0 aromatic heterocycles. The zero-order chi connectivity index (χ0) is 16.5. The van der Waals surface area contributed by atoms with Gasteiger partial charge in [-0.25, -0.2) is 0 Å². The van der Waals surface area contributed by atoms with E-state index in [1.807, 2.05) is 18.2 Å². The van der Waals surface area contributed by atoms with Crippen LogP contribution < -0.4 is 4.74 Å². The van der Waals surface area contributed by atoms with Crippen LogP contribution in [0.5, 0.6) is 5.75 Å². The molecule has 3 heteroatoms. The van der Waals surface area contributed by atoms with E-state index in [1.165, 1.54) is 5.56 Å². The number of Topliss-reactive ketones (excluding diaryl/α,β-unsaturated/α-hetero) is 1. The molecule has 2 aromatic rings. The topological polar surface area (TPSA) is 29.5 Å². The predicted octanol–water partition coefficient (Wildman–Crippen LogP) is 3.49. The Labute approximate surface area is 143 Å². The van der Waals surface area contributed by atoms with Gasteiger partial charge in [-0.2, -0.15) is 0 Å². The first-order valence-corrected chi connectivity index (χ1v) is 8.74. The van der Waals surface area contributed by atoms with Gasteiger partial charge in [-0.15, -0.1) is 0 Å². The Kier molecular flexibility index (Phi) is 4.11. The second-order valence-corrected chi connectivity index (χ2v) is 6.82. The molecule has 2 aromatic carbocycles. The lowest BCUT2D eigenvalue weighted by atomic mass is 9.73. The molecule has 2 unspecified atom stereocenters. The van der Waals surface area contributed by atoms with Crippen LogP contribution in [-0.4, -0.2) is 36.9 Å². The number of ether oxygens (including phenoxy) is 1. The monoisotopic (exact) mass is 321 g/mol. The van der Waals surface area contributed by atoms with Crippen LogP contribution in [-0.2, 0) is 4.79 Å². The van der Waals surface area contributed by atoms with Crippen LogP contribution in [0.25, 0.3) is 0 Å². The Morgan fingerprint density at radius 1 is 1.00 bits per heavy atom. The summed E-state index contributed by atoms with van der Waals surface area (Å²) in [6.07, 6.45) is 2.05. The number of rotatable bonds is 4. The van der Waals surface area contributed by atoms with Crippen molar-refractivity contribution >= 4 is 5.78 Å². The van der Waals surface area contributed by atoms with Gasteiger partial charge in [0.25, 0.3) is 0 Å². The Bertz CT molecular complexity index is 720. The number of piperidine rings is 3. The van der Waals surface area contributed by atoms with Gasteiger partial charge in [0.1, 0.15) is 5.75 Å². The van der Waals surface area contributed by atoms with Crippen molar-refractivity contribution in [1.29, 1.82) is 0 Å². The molecule has 2 bridgehead atoms. The summed E-state index contributed by atoms with van der Waals surface area (Å²) in [5.41, 5.74) is 2.36. The van der Waals surface area contributed by atoms with Gasteiger partial charge in [-0.3, -0.25) is 9.69 Å². The van der Waals surface area contributed by atoms with Crippen molar-refractivity contribution in [2.24, 2.45) is 5.92 Å². The SMILES string of the molecule is COc1cccc(C(c2ccccc2)C2C(=O)C3CCN2CC3)c1. The van der Waals surface area contributed by atoms with Crippen molar-refractivity contribution in [2.45, 2.75) is 24.8 Å². The number of benzene rings is 2. The van der Waals surface area contributed by atoms with Gasteiger partial charge in [0.05, 0.1) is 13.2 Å². The highest BCUT2D eigenvalue weighted by Gasteiger charge is 2.45. The average molecular weight is 321 g/mol. The van der Waals surface area contributed by atoms with E-state index in [0.29, 0.717) is 5.78 Å². The van der Waals surface area contributed by atoms with Crippen molar-refractivity contribution < 1.29 is 9.53 Å². The third kappa shape index (κ3) is 2.63. The van der Waals surface area contributed by atoms with Crippen molar-refractivity contribution in [3.63, 3.8) is 0 Å². The summed E-state index contributed by atoms with van der Waals surface area (Å²) < 4.78 is 5.42. The molecule has 0 spiro atoms. The summed E-state index contributed by atoms with van der Waals surface area (Å²) in [5.74, 6) is 1.58. The van der Waals surface area contributed by atoms with Gasteiger partial charge in [-0.1, -0.05) is 42.5 Å². The maximum atomic E-state index is 13.1. The summed E-state index contributed by atoms with van der Waals surface area (Å²) in [5, 5.41) is 0. The fourth-order valence-electron chi connectivity index (χ4n) is 4.31. The number of hydrogen-bond acceptors (Lipinski definition) is 3. The number of ketones is 1. The van der Waals surface area contributed by atoms with Crippen LogP contribution in [0.15, 0.2) is 54.6 Å². The predicted molar refractivity (Wildman–Crippen MR) is 94.4 cm³/mol. The lowest BCUT2D eigenvalue weighted by molar-refractivity contribution is -0.137. The van der Waals surface area contributed by atoms with E-state index in [1.54, 1.807) is 7.11 Å². The van der Waals surface area contributed by atoms with Crippen molar-refractivity contribution in [3.05, 3.63) is 65.7 Å². The Morgan fingerprint density at radius 3 is 2.38 bits per heavy atom. The van der Waals surface area contributed by atoms with Gasteiger partial charge in [0.15, 0.2) is 5.78 Å². The second kappa shape index (κ2) is 6.40. The minimum Gasteiger partial charge on any atom is -0.497 e. The normalized spacial score (nSPS) is 27.0. The van der Waals surface area contributed by atoms with E-state index in [9.17, 15) is 4.79 Å². The molecule has 3 aliphatic rings. The molecule has 24 heavy (non-hydrogen) atoms. The number of methoxy groups -OCH3 is 1. The Balaban J connectivity index is 1.80. The lowest BCUT2D eigenvalue weighted by Crippen LogP contribution is -2.57. The average Bonchev–Trinajstić information content (AvgIpc) is 2.66. The molecule has 3 fully saturated rings. The smallest absolute Gasteiger partial charge is 0.154 e. The second-order valence-electron chi connectivity index (χ2n) is 6.82. The van der Waals surface area contributed by atoms with Gasteiger partial charge in [0, 0.05) is 11.8 Å². The molecule has 3 heterocycles. The fraction of sp³-hybridized carbons (Fsp3) is 0.381. The molecule has 0 saturated carbocycles. The van der Waals surface area contributed by atoms with Crippen LogP contribution in [0.3, 0.4) is 0 Å². The quantitative estimate of drug-likeness (QED) is 0.863. The van der Waals surface area contributed by atoms with Crippen LogP contribution >= 0.6 is 0 Å². The van der Waals surface area contributed by atoms with Crippen molar-refractivity contribution in [1.82, 2.24) is 4.90 Å². The summed E-state index contributed by atoms with van der Waals surface area (Å²) in [4.78, 5) is 15.4. The van der Waals surface area contributed by atoms with Crippen molar-refractivity contribution in [2.75, 3.05) is 20.2 Å². The van der Waals surface area contributed by atoms with Gasteiger partial charge < -0.3 is 4.74 Å². The van der Waals surface area contributed by atoms with Crippen LogP contribution in [0.4, 0.5) is 0 Å². The number of carbonyl (C=O) groups excluding carboxylic acids is 1. The molecule has 0 radical (unpaired) electrons. The van der Waals surface area contributed by atoms with E-state index >= 15 is 0 Å². The molecule has 5 rings (SSSR count). The Morgan fingerprint density at radius 2 is 1.71 bits per heavy atom. The van der Waals surface area contributed by atoms with Gasteiger partial charge >= 0.3 is 0 Å².